The Morgan fingerprint density at radius 2 is 1.69 bits per heavy atom. The summed E-state index contributed by atoms with van der Waals surface area (Å²) in [4.78, 5) is 30.4. The molecule has 0 spiro atoms. The number of nitrogens with zero attached hydrogens (tertiary/aromatic N) is 2. The van der Waals surface area contributed by atoms with Crippen molar-refractivity contribution in [3.8, 4) is 0 Å². The fourth-order valence-corrected chi connectivity index (χ4v) is 4.86. The Labute approximate surface area is 212 Å². The Hall–Kier alpha value is -3.68. The number of hydrogen-bond acceptors (Lipinski definition) is 5. The van der Waals surface area contributed by atoms with Crippen molar-refractivity contribution in [1.82, 2.24) is 15.1 Å². The topological polar surface area (TPSA) is 76.7 Å². The van der Waals surface area contributed by atoms with Crippen LogP contribution in [-0.4, -0.2) is 67.9 Å². The van der Waals surface area contributed by atoms with Crippen LogP contribution in [0.25, 0.3) is 0 Å². The molecule has 36 heavy (non-hydrogen) atoms. The number of fused-ring (bicyclic) bond motifs is 1. The van der Waals surface area contributed by atoms with E-state index in [1.165, 1.54) is 5.56 Å². The number of rotatable bonds is 8. The smallest absolute Gasteiger partial charge is 0.255 e. The van der Waals surface area contributed by atoms with Gasteiger partial charge in [0.2, 0.25) is 0 Å². The molecule has 7 nitrogen and oxygen atoms in total. The predicted octanol–water partition coefficient (Wildman–Crippen LogP) is 3.43. The highest BCUT2D eigenvalue weighted by Gasteiger charge is 2.26. The van der Waals surface area contributed by atoms with Gasteiger partial charge >= 0.3 is 0 Å². The molecule has 0 aliphatic carbocycles. The molecular weight excluding hydrogens is 450 g/mol. The monoisotopic (exact) mass is 483 g/mol. The highest BCUT2D eigenvalue weighted by molar-refractivity contribution is 6.10. The number of carbonyl (C=O) groups is 2. The zero-order chi connectivity index (χ0) is 24.9. The van der Waals surface area contributed by atoms with Crippen molar-refractivity contribution in [2.45, 2.75) is 13.0 Å². The first-order valence-corrected chi connectivity index (χ1v) is 12.6. The molecule has 3 aromatic carbocycles. The van der Waals surface area contributed by atoms with Crippen molar-refractivity contribution in [2.75, 3.05) is 56.9 Å². The van der Waals surface area contributed by atoms with E-state index >= 15 is 0 Å². The van der Waals surface area contributed by atoms with E-state index < -0.39 is 0 Å². The zero-order valence-electron chi connectivity index (χ0n) is 20.7. The quantitative estimate of drug-likeness (QED) is 0.458. The van der Waals surface area contributed by atoms with Gasteiger partial charge in [-0.1, -0.05) is 36.4 Å². The van der Waals surface area contributed by atoms with Crippen LogP contribution in [0.5, 0.6) is 0 Å². The van der Waals surface area contributed by atoms with Crippen LogP contribution in [0.15, 0.2) is 66.7 Å². The Morgan fingerprint density at radius 3 is 2.44 bits per heavy atom. The van der Waals surface area contributed by atoms with Gasteiger partial charge in [0.05, 0.1) is 11.3 Å². The van der Waals surface area contributed by atoms with Gasteiger partial charge in [-0.25, -0.2) is 0 Å². The number of nitrogens with one attached hydrogen (secondary N) is 3. The molecule has 3 aromatic rings. The highest BCUT2D eigenvalue weighted by atomic mass is 16.2. The third kappa shape index (κ3) is 5.58. The van der Waals surface area contributed by atoms with Gasteiger partial charge in [0.1, 0.15) is 0 Å². The van der Waals surface area contributed by atoms with Crippen LogP contribution < -0.4 is 16.0 Å². The number of benzene rings is 3. The van der Waals surface area contributed by atoms with Crippen LogP contribution in [-0.2, 0) is 13.0 Å². The van der Waals surface area contributed by atoms with Crippen LogP contribution >= 0.6 is 0 Å². The summed E-state index contributed by atoms with van der Waals surface area (Å²) in [6.45, 7) is 6.79. The first kappa shape index (κ1) is 24.0. The minimum absolute atomic E-state index is 0.143. The number of hydrogen-bond donors (Lipinski definition) is 3. The van der Waals surface area contributed by atoms with Gasteiger partial charge in [-0.05, 0) is 60.5 Å². The van der Waals surface area contributed by atoms with E-state index in [9.17, 15) is 9.59 Å². The summed E-state index contributed by atoms with van der Waals surface area (Å²) in [5, 5.41) is 9.32. The van der Waals surface area contributed by atoms with Gasteiger partial charge in [-0.2, -0.15) is 0 Å². The van der Waals surface area contributed by atoms with Crippen molar-refractivity contribution in [3.63, 3.8) is 0 Å². The Balaban J connectivity index is 1.21. The molecule has 1 fully saturated rings. The summed E-state index contributed by atoms with van der Waals surface area (Å²) < 4.78 is 0. The Bertz CT molecular complexity index is 1220. The molecule has 2 heterocycles. The fourth-order valence-electron chi connectivity index (χ4n) is 4.86. The molecule has 7 heteroatoms. The summed E-state index contributed by atoms with van der Waals surface area (Å²) in [6, 6.07) is 21.5. The highest BCUT2D eigenvalue weighted by Crippen LogP contribution is 2.29. The predicted molar refractivity (Wildman–Crippen MR) is 144 cm³/mol. The number of amides is 2. The minimum atomic E-state index is -0.225. The standard InChI is InChI=1S/C29H33N5O2/c1-33-15-17-34(18-16-33)14-13-30-24-10-7-22(8-11-24)28(35)32-26-12-9-23(19-21-5-3-2-4-6-21)25-20-31-29(36)27(25)26/h2-12,30H,13-20H2,1H3,(H,31,36)(H,32,35). The van der Waals surface area contributed by atoms with Crippen molar-refractivity contribution >= 4 is 23.2 Å². The largest absolute Gasteiger partial charge is 0.384 e. The van der Waals surface area contributed by atoms with Gasteiger partial charge in [-0.15, -0.1) is 0 Å². The molecule has 2 aliphatic heterocycles. The third-order valence-corrected chi connectivity index (χ3v) is 7.05. The molecule has 1 saturated heterocycles. The maximum absolute atomic E-state index is 13.0. The first-order valence-electron chi connectivity index (χ1n) is 12.6. The van der Waals surface area contributed by atoms with Crippen LogP contribution in [0, 0.1) is 0 Å². The van der Waals surface area contributed by atoms with Gasteiger partial charge in [0, 0.05) is 57.1 Å². The van der Waals surface area contributed by atoms with Gasteiger partial charge < -0.3 is 20.9 Å². The fraction of sp³-hybridized carbons (Fsp3) is 0.310. The summed E-state index contributed by atoms with van der Waals surface area (Å²) in [6.07, 6.45) is 0.746. The van der Waals surface area contributed by atoms with E-state index in [0.29, 0.717) is 23.4 Å². The maximum atomic E-state index is 13.0. The van der Waals surface area contributed by atoms with E-state index in [0.717, 1.165) is 62.5 Å². The lowest BCUT2D eigenvalue weighted by Gasteiger charge is -2.32. The van der Waals surface area contributed by atoms with Gasteiger partial charge in [-0.3, -0.25) is 14.5 Å². The van der Waals surface area contributed by atoms with Gasteiger partial charge in [0.25, 0.3) is 11.8 Å². The normalized spacial score (nSPS) is 15.9. The molecule has 3 N–H and O–H groups in total. The Kier molecular flexibility index (Phi) is 7.30. The van der Waals surface area contributed by atoms with E-state index in [4.69, 9.17) is 0 Å². The third-order valence-electron chi connectivity index (χ3n) is 7.05. The Morgan fingerprint density at radius 1 is 0.944 bits per heavy atom. The molecule has 0 atom stereocenters. The average molecular weight is 484 g/mol. The number of carbonyl (C=O) groups excluding carboxylic acids is 2. The number of likely N-dealkylation sites (N-methyl/N-ethyl adjacent to an activating group) is 1. The van der Waals surface area contributed by atoms with Crippen molar-refractivity contribution in [2.24, 2.45) is 0 Å². The lowest BCUT2D eigenvalue weighted by molar-refractivity contribution is 0.0966. The SMILES string of the molecule is CN1CCN(CCNc2ccc(C(=O)Nc3ccc(Cc4ccccc4)c4c3C(=O)NC4)cc2)CC1. The summed E-state index contributed by atoms with van der Waals surface area (Å²) >= 11 is 0. The lowest BCUT2D eigenvalue weighted by atomic mass is 9.96. The second-order valence-corrected chi connectivity index (χ2v) is 9.57. The van der Waals surface area contributed by atoms with Crippen LogP contribution in [0.3, 0.4) is 0 Å². The number of piperazine rings is 1. The minimum Gasteiger partial charge on any atom is -0.384 e. The van der Waals surface area contributed by atoms with E-state index in [1.54, 1.807) is 0 Å². The van der Waals surface area contributed by atoms with Crippen LogP contribution in [0.1, 0.15) is 37.4 Å². The molecule has 186 valence electrons. The summed E-state index contributed by atoms with van der Waals surface area (Å²) in [7, 11) is 2.16. The molecule has 0 saturated carbocycles. The van der Waals surface area contributed by atoms with E-state index in [-0.39, 0.29) is 11.8 Å². The maximum Gasteiger partial charge on any atom is 0.255 e. The number of anilines is 2. The van der Waals surface area contributed by atoms with E-state index in [2.05, 4.69) is 44.9 Å². The van der Waals surface area contributed by atoms with E-state index in [1.807, 2.05) is 54.6 Å². The summed E-state index contributed by atoms with van der Waals surface area (Å²) in [5.74, 6) is -0.369. The molecule has 2 aliphatic rings. The van der Waals surface area contributed by atoms with Crippen molar-refractivity contribution in [1.29, 1.82) is 0 Å². The zero-order valence-corrected chi connectivity index (χ0v) is 20.7. The molecular formula is C29H33N5O2. The second kappa shape index (κ2) is 10.9. The first-order chi connectivity index (χ1) is 17.6. The second-order valence-electron chi connectivity index (χ2n) is 9.57. The van der Waals surface area contributed by atoms with Crippen molar-refractivity contribution < 1.29 is 9.59 Å². The summed E-state index contributed by atoms with van der Waals surface area (Å²) in [5.41, 5.74) is 5.91. The van der Waals surface area contributed by atoms with Gasteiger partial charge in [0.15, 0.2) is 0 Å². The molecule has 0 unspecified atom stereocenters. The van der Waals surface area contributed by atoms with Crippen LogP contribution in [0.2, 0.25) is 0 Å². The van der Waals surface area contributed by atoms with Crippen molar-refractivity contribution in [3.05, 3.63) is 94.5 Å². The lowest BCUT2D eigenvalue weighted by Crippen LogP contribution is -2.45. The molecule has 5 rings (SSSR count). The molecule has 0 radical (unpaired) electrons. The average Bonchev–Trinajstić information content (AvgIpc) is 3.30. The molecule has 0 aromatic heterocycles. The van der Waals surface area contributed by atoms with Crippen LogP contribution in [0.4, 0.5) is 11.4 Å². The molecule has 0 bridgehead atoms. The molecule has 2 amide bonds.